The third kappa shape index (κ3) is 5.53. The van der Waals surface area contributed by atoms with Crippen LogP contribution in [0.5, 0.6) is 0 Å². The van der Waals surface area contributed by atoms with E-state index in [9.17, 15) is 4.79 Å². The molecular weight excluding hydrogens is 342 g/mol. The largest absolute Gasteiger partial charge is 0.462 e. The standard InChI is InChI=1S/C19H17NO2S.C3H8/c1-2-22-19(21)18-17(20-13-23-18)12-14-8-10-16(11-9-14)15-6-4-3-5-7-15;1-3-2/h3-11,13H,2,12H2,1H3;3H2,1-2H3. The molecule has 2 aromatic carbocycles. The van der Waals surface area contributed by atoms with Crippen molar-refractivity contribution in [1.82, 2.24) is 4.98 Å². The number of thiazole rings is 1. The number of benzene rings is 2. The fraction of sp³-hybridized carbons (Fsp3) is 0.273. The van der Waals surface area contributed by atoms with Gasteiger partial charge in [-0.05, 0) is 23.6 Å². The number of ether oxygens (including phenoxy) is 1. The van der Waals surface area contributed by atoms with E-state index in [1.165, 1.54) is 28.9 Å². The predicted molar refractivity (Wildman–Crippen MR) is 109 cm³/mol. The van der Waals surface area contributed by atoms with Gasteiger partial charge in [-0.15, -0.1) is 11.3 Å². The molecule has 0 atom stereocenters. The fourth-order valence-electron chi connectivity index (χ4n) is 2.40. The molecule has 0 fully saturated rings. The van der Waals surface area contributed by atoms with Gasteiger partial charge in [0, 0.05) is 6.42 Å². The summed E-state index contributed by atoms with van der Waals surface area (Å²) in [7, 11) is 0. The molecule has 0 radical (unpaired) electrons. The Morgan fingerprint density at radius 1 is 0.962 bits per heavy atom. The highest BCUT2D eigenvalue weighted by molar-refractivity contribution is 7.11. The van der Waals surface area contributed by atoms with E-state index in [-0.39, 0.29) is 5.97 Å². The maximum absolute atomic E-state index is 11.9. The van der Waals surface area contributed by atoms with E-state index in [0.717, 1.165) is 11.3 Å². The monoisotopic (exact) mass is 367 g/mol. The lowest BCUT2D eigenvalue weighted by Gasteiger charge is -2.05. The molecule has 3 nitrogen and oxygen atoms in total. The minimum Gasteiger partial charge on any atom is -0.462 e. The number of nitrogens with zero attached hydrogens (tertiary/aromatic N) is 1. The van der Waals surface area contributed by atoms with E-state index in [0.29, 0.717) is 17.9 Å². The molecule has 1 aromatic heterocycles. The number of hydrogen-bond donors (Lipinski definition) is 0. The van der Waals surface area contributed by atoms with Crippen molar-refractivity contribution < 1.29 is 9.53 Å². The summed E-state index contributed by atoms with van der Waals surface area (Å²) < 4.78 is 5.07. The summed E-state index contributed by atoms with van der Waals surface area (Å²) in [5.41, 5.74) is 5.97. The van der Waals surface area contributed by atoms with Gasteiger partial charge in [0.05, 0.1) is 17.8 Å². The Balaban J connectivity index is 0.000000758. The first-order chi connectivity index (χ1) is 12.7. The number of hydrogen-bond acceptors (Lipinski definition) is 4. The quantitative estimate of drug-likeness (QED) is 0.520. The number of esters is 1. The van der Waals surface area contributed by atoms with Gasteiger partial charge in [0.2, 0.25) is 0 Å². The normalized spacial score (nSPS) is 9.96. The molecule has 0 bridgehead atoms. The minimum atomic E-state index is -0.286. The van der Waals surface area contributed by atoms with Gasteiger partial charge in [-0.3, -0.25) is 0 Å². The smallest absolute Gasteiger partial charge is 0.350 e. The van der Waals surface area contributed by atoms with Gasteiger partial charge in [0.1, 0.15) is 4.88 Å². The third-order valence-electron chi connectivity index (χ3n) is 3.53. The van der Waals surface area contributed by atoms with Crippen molar-refractivity contribution in [2.45, 2.75) is 33.6 Å². The zero-order chi connectivity index (χ0) is 18.8. The maximum atomic E-state index is 11.9. The number of rotatable bonds is 5. The van der Waals surface area contributed by atoms with Crippen molar-refractivity contribution >= 4 is 17.3 Å². The molecule has 3 aromatic rings. The van der Waals surface area contributed by atoms with Gasteiger partial charge in [-0.1, -0.05) is 74.9 Å². The Labute approximate surface area is 159 Å². The van der Waals surface area contributed by atoms with Gasteiger partial charge >= 0.3 is 5.97 Å². The van der Waals surface area contributed by atoms with E-state index in [1.54, 1.807) is 12.4 Å². The summed E-state index contributed by atoms with van der Waals surface area (Å²) in [6.07, 6.45) is 1.88. The number of carbonyl (C=O) groups excluding carboxylic acids is 1. The van der Waals surface area contributed by atoms with Crippen LogP contribution >= 0.6 is 11.3 Å². The molecule has 0 saturated carbocycles. The predicted octanol–water partition coefficient (Wildman–Crippen LogP) is 5.99. The number of carbonyl (C=O) groups is 1. The van der Waals surface area contributed by atoms with Crippen molar-refractivity contribution in [2.75, 3.05) is 6.61 Å². The van der Waals surface area contributed by atoms with Gasteiger partial charge in [0.25, 0.3) is 0 Å². The molecule has 0 N–H and O–H groups in total. The molecule has 0 amide bonds. The summed E-state index contributed by atoms with van der Waals surface area (Å²) in [5.74, 6) is -0.286. The van der Waals surface area contributed by atoms with Gasteiger partial charge in [-0.25, -0.2) is 9.78 Å². The Hall–Kier alpha value is -2.46. The Kier molecular flexibility index (Phi) is 8.03. The van der Waals surface area contributed by atoms with E-state index >= 15 is 0 Å². The topological polar surface area (TPSA) is 39.2 Å². The van der Waals surface area contributed by atoms with Crippen LogP contribution in [0.1, 0.15) is 48.1 Å². The van der Waals surface area contributed by atoms with Gasteiger partial charge in [-0.2, -0.15) is 0 Å². The first-order valence-electron chi connectivity index (χ1n) is 8.93. The Bertz CT molecular complexity index is 795. The summed E-state index contributed by atoms with van der Waals surface area (Å²) in [4.78, 5) is 16.8. The van der Waals surface area contributed by atoms with E-state index in [2.05, 4.69) is 55.2 Å². The minimum absolute atomic E-state index is 0.286. The van der Waals surface area contributed by atoms with Crippen LogP contribution in [-0.4, -0.2) is 17.6 Å². The molecule has 0 aliphatic carbocycles. The zero-order valence-corrected chi connectivity index (χ0v) is 16.4. The summed E-state index contributed by atoms with van der Waals surface area (Å²) in [6, 6.07) is 18.6. The molecule has 0 aliphatic rings. The van der Waals surface area contributed by atoms with Crippen molar-refractivity contribution in [3.63, 3.8) is 0 Å². The summed E-state index contributed by atoms with van der Waals surface area (Å²) in [6.45, 7) is 6.43. The highest BCUT2D eigenvalue weighted by Crippen LogP contribution is 2.22. The lowest BCUT2D eigenvalue weighted by Crippen LogP contribution is -2.06. The van der Waals surface area contributed by atoms with Crippen LogP contribution in [0.15, 0.2) is 60.1 Å². The average molecular weight is 368 g/mol. The van der Waals surface area contributed by atoms with Crippen LogP contribution in [0.3, 0.4) is 0 Å². The van der Waals surface area contributed by atoms with Crippen LogP contribution in [0.25, 0.3) is 11.1 Å². The van der Waals surface area contributed by atoms with E-state index in [1.807, 2.05) is 18.2 Å². The highest BCUT2D eigenvalue weighted by atomic mass is 32.1. The maximum Gasteiger partial charge on any atom is 0.350 e. The second-order valence-corrected chi connectivity index (χ2v) is 6.65. The Morgan fingerprint density at radius 2 is 1.58 bits per heavy atom. The summed E-state index contributed by atoms with van der Waals surface area (Å²) >= 11 is 1.33. The first kappa shape index (κ1) is 19.9. The van der Waals surface area contributed by atoms with Gasteiger partial charge in [0.15, 0.2) is 0 Å². The summed E-state index contributed by atoms with van der Waals surface area (Å²) in [5, 5.41) is 0. The molecule has 4 heteroatoms. The van der Waals surface area contributed by atoms with Crippen LogP contribution in [0.2, 0.25) is 0 Å². The second-order valence-electron chi connectivity index (χ2n) is 5.80. The van der Waals surface area contributed by atoms with Crippen molar-refractivity contribution in [3.05, 3.63) is 76.2 Å². The molecule has 0 unspecified atom stereocenters. The van der Waals surface area contributed by atoms with Gasteiger partial charge < -0.3 is 4.74 Å². The zero-order valence-electron chi connectivity index (χ0n) is 15.6. The average Bonchev–Trinajstić information content (AvgIpc) is 3.12. The molecule has 3 rings (SSSR count). The van der Waals surface area contributed by atoms with Crippen molar-refractivity contribution in [2.24, 2.45) is 0 Å². The van der Waals surface area contributed by atoms with Crippen LogP contribution in [0, 0.1) is 0 Å². The molecule has 136 valence electrons. The molecule has 26 heavy (non-hydrogen) atoms. The van der Waals surface area contributed by atoms with Crippen LogP contribution < -0.4 is 0 Å². The van der Waals surface area contributed by atoms with Crippen LogP contribution in [0.4, 0.5) is 0 Å². The molecular formula is C22H25NO2S. The molecule has 1 heterocycles. The SMILES string of the molecule is CCC.CCOC(=O)c1scnc1Cc1ccc(-c2ccccc2)cc1. The van der Waals surface area contributed by atoms with Crippen molar-refractivity contribution in [3.8, 4) is 11.1 Å². The third-order valence-corrected chi connectivity index (χ3v) is 4.38. The highest BCUT2D eigenvalue weighted by Gasteiger charge is 2.16. The van der Waals surface area contributed by atoms with E-state index in [4.69, 9.17) is 4.74 Å². The molecule has 0 aliphatic heterocycles. The fourth-order valence-corrected chi connectivity index (χ4v) is 3.10. The van der Waals surface area contributed by atoms with Crippen molar-refractivity contribution in [1.29, 1.82) is 0 Å². The first-order valence-corrected chi connectivity index (χ1v) is 9.81. The lowest BCUT2D eigenvalue weighted by molar-refractivity contribution is 0.0530. The number of aromatic nitrogens is 1. The lowest BCUT2D eigenvalue weighted by atomic mass is 10.0. The molecule has 0 spiro atoms. The second kappa shape index (κ2) is 10.5. The Morgan fingerprint density at radius 3 is 2.19 bits per heavy atom. The molecule has 0 saturated heterocycles. The van der Waals surface area contributed by atoms with Crippen LogP contribution in [-0.2, 0) is 11.2 Å². The van der Waals surface area contributed by atoms with E-state index < -0.39 is 0 Å².